The number of methoxy groups -OCH3 is 1. The molecule has 4 aromatic rings. The van der Waals surface area contributed by atoms with Gasteiger partial charge >= 0.3 is 11.7 Å². The molecule has 2 aromatic heterocycles. The lowest BCUT2D eigenvalue weighted by Gasteiger charge is -2.21. The van der Waals surface area contributed by atoms with Crippen molar-refractivity contribution < 1.29 is 23.4 Å². The molecule has 0 fully saturated rings. The van der Waals surface area contributed by atoms with Crippen molar-refractivity contribution in [1.82, 2.24) is 24.7 Å². The van der Waals surface area contributed by atoms with Gasteiger partial charge in [0, 0.05) is 42.7 Å². The first-order valence-electron chi connectivity index (χ1n) is 11.6. The number of hydrogen-bond donors (Lipinski definition) is 4. The molecule has 0 saturated carbocycles. The SMILES string of the molecule is CCOc1cc(OC)c(F)c([C@H](Nc2ccc(C(=N)N)c(OC(C)=O)c2)c2nn(-c3ncccn3)c(=O)[nH]2)c1. The monoisotopic (exact) mass is 536 g/mol. The van der Waals surface area contributed by atoms with Gasteiger partial charge in [0.1, 0.15) is 23.4 Å². The third-order valence-electron chi connectivity index (χ3n) is 5.37. The molecule has 39 heavy (non-hydrogen) atoms. The fraction of sp³-hybridized carbons (Fsp3) is 0.200. The van der Waals surface area contributed by atoms with Crippen LogP contribution in [0.4, 0.5) is 10.1 Å². The van der Waals surface area contributed by atoms with Crippen LogP contribution in [0.1, 0.15) is 36.8 Å². The highest BCUT2D eigenvalue weighted by atomic mass is 19.1. The average molecular weight is 537 g/mol. The van der Waals surface area contributed by atoms with E-state index < -0.39 is 23.5 Å². The van der Waals surface area contributed by atoms with Crippen LogP contribution in [0.5, 0.6) is 17.2 Å². The number of rotatable bonds is 10. The van der Waals surface area contributed by atoms with Crippen LogP contribution in [0.3, 0.4) is 0 Å². The third kappa shape index (κ3) is 5.84. The van der Waals surface area contributed by atoms with Gasteiger partial charge < -0.3 is 25.3 Å². The first-order valence-corrected chi connectivity index (χ1v) is 11.6. The van der Waals surface area contributed by atoms with E-state index in [1.54, 1.807) is 19.1 Å². The molecule has 4 rings (SSSR count). The van der Waals surface area contributed by atoms with Crippen LogP contribution in [0.15, 0.2) is 53.6 Å². The highest BCUT2D eigenvalue weighted by molar-refractivity contribution is 5.98. The number of nitrogens with two attached hydrogens (primary N) is 1. The van der Waals surface area contributed by atoms with E-state index in [-0.39, 0.29) is 40.2 Å². The number of amidine groups is 1. The molecule has 0 saturated heterocycles. The van der Waals surface area contributed by atoms with Crippen LogP contribution < -0.4 is 31.0 Å². The second-order valence-corrected chi connectivity index (χ2v) is 8.03. The number of esters is 1. The second-order valence-electron chi connectivity index (χ2n) is 8.03. The van der Waals surface area contributed by atoms with Gasteiger partial charge in [-0.2, -0.15) is 0 Å². The number of nitrogens with zero attached hydrogens (tertiary/aromatic N) is 4. The molecular weight excluding hydrogens is 511 g/mol. The van der Waals surface area contributed by atoms with Crippen LogP contribution in [-0.4, -0.2) is 50.3 Å². The van der Waals surface area contributed by atoms with Gasteiger partial charge in [0.25, 0.3) is 5.95 Å². The molecule has 0 spiro atoms. The molecule has 5 N–H and O–H groups in total. The number of carbonyl (C=O) groups excluding carboxylic acids is 1. The summed E-state index contributed by atoms with van der Waals surface area (Å²) in [5.74, 6) is -1.43. The van der Waals surface area contributed by atoms with Crippen molar-refractivity contribution in [2.45, 2.75) is 19.9 Å². The van der Waals surface area contributed by atoms with E-state index in [4.69, 9.17) is 25.4 Å². The van der Waals surface area contributed by atoms with E-state index in [1.807, 2.05) is 0 Å². The maximum Gasteiger partial charge on any atom is 0.350 e. The number of halogens is 1. The van der Waals surface area contributed by atoms with E-state index in [9.17, 15) is 9.59 Å². The van der Waals surface area contributed by atoms with Gasteiger partial charge in [0.15, 0.2) is 17.4 Å². The maximum atomic E-state index is 15.7. The Balaban J connectivity index is 1.88. The quantitative estimate of drug-likeness (QED) is 0.102. The van der Waals surface area contributed by atoms with Crippen LogP contribution in [0.25, 0.3) is 5.95 Å². The summed E-state index contributed by atoms with van der Waals surface area (Å²) >= 11 is 0. The molecule has 0 bridgehead atoms. The Kier molecular flexibility index (Phi) is 7.84. The molecule has 0 radical (unpaired) electrons. The number of nitrogens with one attached hydrogen (secondary N) is 3. The number of H-pyrrole nitrogens is 1. The van der Waals surface area contributed by atoms with Gasteiger partial charge in [0.2, 0.25) is 0 Å². The number of carbonyl (C=O) groups is 1. The molecule has 14 heteroatoms. The van der Waals surface area contributed by atoms with Gasteiger partial charge in [-0.15, -0.1) is 9.78 Å². The Hall–Kier alpha value is -5.27. The van der Waals surface area contributed by atoms with E-state index in [0.29, 0.717) is 18.0 Å². The standard InChI is InChI=1S/C25H25FN8O5/c1-4-38-15-11-17(20(26)19(12-15)37-3)21(23-32-25(36)34(33-23)24-29-8-5-9-30-24)31-14-6-7-16(22(27)28)18(10-14)39-13(2)35/h5-12,21,31H,4H2,1-3H3,(H3,27,28)(H,32,33,36)/t21-/m0/s1. The lowest BCUT2D eigenvalue weighted by atomic mass is 10.0. The molecule has 0 amide bonds. The van der Waals surface area contributed by atoms with Crippen molar-refractivity contribution in [3.8, 4) is 23.2 Å². The van der Waals surface area contributed by atoms with Crippen LogP contribution >= 0.6 is 0 Å². The van der Waals surface area contributed by atoms with E-state index >= 15 is 4.39 Å². The molecule has 2 heterocycles. The Bertz CT molecular complexity index is 1570. The number of aromatic nitrogens is 5. The summed E-state index contributed by atoms with van der Waals surface area (Å²) in [6.07, 6.45) is 2.89. The van der Waals surface area contributed by atoms with Gasteiger partial charge in [0.05, 0.1) is 19.3 Å². The zero-order valence-electron chi connectivity index (χ0n) is 21.2. The summed E-state index contributed by atoms with van der Waals surface area (Å²) < 4.78 is 32.7. The Morgan fingerprint density at radius 1 is 1.23 bits per heavy atom. The molecule has 202 valence electrons. The molecule has 2 aromatic carbocycles. The molecule has 13 nitrogen and oxygen atoms in total. The number of benzene rings is 2. The zero-order valence-corrected chi connectivity index (χ0v) is 21.2. The largest absolute Gasteiger partial charge is 0.494 e. The number of nitrogen functional groups attached to an aromatic ring is 1. The normalized spacial score (nSPS) is 11.5. The van der Waals surface area contributed by atoms with Crippen molar-refractivity contribution in [3.63, 3.8) is 0 Å². The first-order chi connectivity index (χ1) is 18.7. The summed E-state index contributed by atoms with van der Waals surface area (Å²) in [6.45, 7) is 3.29. The van der Waals surface area contributed by atoms with Crippen molar-refractivity contribution in [3.05, 3.63) is 82.0 Å². The minimum absolute atomic E-state index is 0.00624. The lowest BCUT2D eigenvalue weighted by Crippen LogP contribution is -2.18. The van der Waals surface area contributed by atoms with Gasteiger partial charge in [-0.3, -0.25) is 15.2 Å². The van der Waals surface area contributed by atoms with Gasteiger partial charge in [-0.1, -0.05) is 0 Å². The van der Waals surface area contributed by atoms with Crippen LogP contribution in [0, 0.1) is 11.2 Å². The first kappa shape index (κ1) is 26.8. The summed E-state index contributed by atoms with van der Waals surface area (Å²) in [7, 11) is 1.32. The number of hydrogen-bond acceptors (Lipinski definition) is 10. The maximum absolute atomic E-state index is 15.7. The number of anilines is 1. The lowest BCUT2D eigenvalue weighted by molar-refractivity contribution is -0.131. The van der Waals surface area contributed by atoms with Crippen molar-refractivity contribution >= 4 is 17.5 Å². The molecule has 0 aliphatic rings. The minimum atomic E-state index is -1.12. The second kappa shape index (κ2) is 11.4. The molecule has 0 aliphatic heterocycles. The zero-order chi connectivity index (χ0) is 28.1. The summed E-state index contributed by atoms with van der Waals surface area (Å²) in [5, 5.41) is 15.2. The number of ether oxygens (including phenoxy) is 3. The highest BCUT2D eigenvalue weighted by Crippen LogP contribution is 2.35. The molecule has 1 atom stereocenters. The third-order valence-corrected chi connectivity index (χ3v) is 5.37. The van der Waals surface area contributed by atoms with E-state index in [2.05, 4.69) is 25.4 Å². The van der Waals surface area contributed by atoms with E-state index in [1.165, 1.54) is 50.7 Å². The average Bonchev–Trinajstić information content (AvgIpc) is 3.29. The van der Waals surface area contributed by atoms with Gasteiger partial charge in [-0.25, -0.2) is 19.2 Å². The topological polar surface area (TPSA) is 183 Å². The highest BCUT2D eigenvalue weighted by Gasteiger charge is 2.27. The molecule has 0 aliphatic carbocycles. The fourth-order valence-electron chi connectivity index (χ4n) is 3.74. The Morgan fingerprint density at radius 3 is 2.62 bits per heavy atom. The van der Waals surface area contributed by atoms with Crippen molar-refractivity contribution in [2.75, 3.05) is 19.0 Å². The Morgan fingerprint density at radius 2 is 1.97 bits per heavy atom. The van der Waals surface area contributed by atoms with E-state index in [0.717, 1.165) is 4.68 Å². The summed E-state index contributed by atoms with van der Waals surface area (Å²) in [6, 6.07) is 7.75. The van der Waals surface area contributed by atoms with Crippen molar-refractivity contribution in [1.29, 1.82) is 5.41 Å². The molecule has 0 unspecified atom stereocenters. The smallest absolute Gasteiger partial charge is 0.350 e. The Labute approximate surface area is 221 Å². The fourth-order valence-corrected chi connectivity index (χ4v) is 3.74. The number of aromatic amines is 1. The minimum Gasteiger partial charge on any atom is -0.494 e. The summed E-state index contributed by atoms with van der Waals surface area (Å²) in [5.41, 5.74) is 5.49. The molecular formula is C25H25FN8O5. The van der Waals surface area contributed by atoms with Crippen molar-refractivity contribution in [2.24, 2.45) is 5.73 Å². The van der Waals surface area contributed by atoms with Crippen LogP contribution in [0.2, 0.25) is 0 Å². The van der Waals surface area contributed by atoms with Crippen LogP contribution in [-0.2, 0) is 4.79 Å². The van der Waals surface area contributed by atoms with Gasteiger partial charge in [-0.05, 0) is 31.2 Å². The summed E-state index contributed by atoms with van der Waals surface area (Å²) in [4.78, 5) is 35.2. The predicted molar refractivity (Wildman–Crippen MR) is 138 cm³/mol. The predicted octanol–water partition coefficient (Wildman–Crippen LogP) is 2.31.